The maximum Gasteiger partial charge on any atom is 0.349 e. The number of rotatable bonds is 4. The third-order valence-electron chi connectivity index (χ3n) is 9.77. The summed E-state index contributed by atoms with van der Waals surface area (Å²) in [6.07, 6.45) is 3.23. The standard InChI is InChI=1S/C26H35FO6/c1-6-15-11-17(28)12-16-8-9-18-19-10-14(3)26(22(31)32,33-21(30)7-2)23(19,4)13-20(29)25(18,27)24(15,16)5/h11-12,14,18-20,29H,6-10,13H2,1-5H3,(H,31,32)/t14-,18?,19?,20-,23?,24?,25-,26-/m0/s1. The number of ketones is 1. The first kappa shape index (κ1) is 24.1. The second-order valence-electron chi connectivity index (χ2n) is 10.9. The Kier molecular flexibility index (Phi) is 5.47. The van der Waals surface area contributed by atoms with Crippen LogP contribution in [0.4, 0.5) is 4.39 Å². The van der Waals surface area contributed by atoms with E-state index < -0.39 is 57.9 Å². The van der Waals surface area contributed by atoms with Gasteiger partial charge in [0.2, 0.25) is 5.60 Å². The minimum Gasteiger partial charge on any atom is -0.478 e. The monoisotopic (exact) mass is 462 g/mol. The van der Waals surface area contributed by atoms with Crippen molar-refractivity contribution in [2.24, 2.45) is 28.6 Å². The number of ether oxygens (including phenoxy) is 1. The van der Waals surface area contributed by atoms with E-state index in [0.717, 1.165) is 0 Å². The fraction of sp³-hybridized carbons (Fsp3) is 0.731. The van der Waals surface area contributed by atoms with Crippen molar-refractivity contribution in [1.82, 2.24) is 0 Å². The lowest BCUT2D eigenvalue weighted by Crippen LogP contribution is -2.70. The van der Waals surface area contributed by atoms with Gasteiger partial charge in [-0.2, -0.15) is 0 Å². The van der Waals surface area contributed by atoms with Crippen LogP contribution in [0, 0.1) is 28.6 Å². The number of halogens is 1. The van der Waals surface area contributed by atoms with Gasteiger partial charge in [-0.3, -0.25) is 9.59 Å². The van der Waals surface area contributed by atoms with Crippen molar-refractivity contribution in [2.45, 2.75) is 90.5 Å². The van der Waals surface area contributed by atoms with Crippen molar-refractivity contribution in [1.29, 1.82) is 0 Å². The Balaban J connectivity index is 1.87. The second-order valence-corrected chi connectivity index (χ2v) is 10.9. The van der Waals surface area contributed by atoms with E-state index in [-0.39, 0.29) is 18.6 Å². The SMILES string of the molecule is CCC(=O)O[C@]1(C(=O)O)[C@@H](C)CC2C3CCC4=CC(=O)C=C(CC)C4(C)[C@@]3(F)[C@@H](O)CC21C. The Bertz CT molecular complexity index is 952. The summed E-state index contributed by atoms with van der Waals surface area (Å²) in [5, 5.41) is 21.9. The molecule has 7 heteroatoms. The van der Waals surface area contributed by atoms with Crippen LogP contribution in [0.1, 0.15) is 73.1 Å². The van der Waals surface area contributed by atoms with Crippen molar-refractivity contribution in [3.63, 3.8) is 0 Å². The Hall–Kier alpha value is -2.02. The Morgan fingerprint density at radius 2 is 1.88 bits per heavy atom. The normalized spacial score (nSPS) is 46.5. The van der Waals surface area contributed by atoms with Crippen molar-refractivity contribution in [3.8, 4) is 0 Å². The zero-order chi connectivity index (χ0) is 24.6. The van der Waals surface area contributed by atoms with Gasteiger partial charge in [-0.25, -0.2) is 9.18 Å². The van der Waals surface area contributed by atoms with Crippen LogP contribution in [0.5, 0.6) is 0 Å². The predicted molar refractivity (Wildman–Crippen MR) is 119 cm³/mol. The summed E-state index contributed by atoms with van der Waals surface area (Å²) in [6.45, 7) is 8.78. The van der Waals surface area contributed by atoms with Crippen molar-refractivity contribution >= 4 is 17.7 Å². The molecule has 0 spiro atoms. The van der Waals surface area contributed by atoms with E-state index in [1.807, 2.05) is 6.92 Å². The lowest BCUT2D eigenvalue weighted by Gasteiger charge is -2.63. The third-order valence-corrected chi connectivity index (χ3v) is 9.77. The number of esters is 1. The molecule has 0 aromatic heterocycles. The molecule has 4 rings (SSSR count). The number of hydrogen-bond donors (Lipinski definition) is 2. The van der Waals surface area contributed by atoms with Gasteiger partial charge in [0.1, 0.15) is 0 Å². The van der Waals surface area contributed by atoms with Crippen molar-refractivity contribution < 1.29 is 33.7 Å². The summed E-state index contributed by atoms with van der Waals surface area (Å²) in [5.74, 6) is -3.55. The average molecular weight is 463 g/mol. The molecular formula is C26H35FO6. The highest BCUT2D eigenvalue weighted by Crippen LogP contribution is 2.72. The molecule has 4 aliphatic rings. The molecule has 6 nitrogen and oxygen atoms in total. The van der Waals surface area contributed by atoms with Gasteiger partial charge in [0, 0.05) is 29.1 Å². The highest BCUT2D eigenvalue weighted by molar-refractivity contribution is 6.02. The van der Waals surface area contributed by atoms with Crippen LogP contribution in [0.15, 0.2) is 23.3 Å². The van der Waals surface area contributed by atoms with Gasteiger partial charge < -0.3 is 14.9 Å². The van der Waals surface area contributed by atoms with Gasteiger partial charge in [-0.15, -0.1) is 0 Å². The number of fused-ring (bicyclic) bond motifs is 5. The van der Waals surface area contributed by atoms with E-state index in [1.165, 1.54) is 12.2 Å². The molecule has 182 valence electrons. The van der Waals surface area contributed by atoms with Crippen LogP contribution >= 0.6 is 0 Å². The molecule has 0 radical (unpaired) electrons. The summed E-state index contributed by atoms with van der Waals surface area (Å²) < 4.78 is 23.2. The molecule has 8 atom stereocenters. The predicted octanol–water partition coefficient (Wildman–Crippen LogP) is 4.16. The molecule has 0 aliphatic heterocycles. The van der Waals surface area contributed by atoms with E-state index in [4.69, 9.17) is 4.74 Å². The van der Waals surface area contributed by atoms with Gasteiger partial charge in [-0.05, 0) is 57.1 Å². The number of hydrogen-bond acceptors (Lipinski definition) is 5. The molecule has 3 fully saturated rings. The minimum absolute atomic E-state index is 0.0342. The number of carboxylic acid groups (broad SMARTS) is 1. The average Bonchev–Trinajstić information content (AvgIpc) is 2.96. The maximum absolute atomic E-state index is 17.5. The molecule has 0 aromatic carbocycles. The van der Waals surface area contributed by atoms with Gasteiger partial charge in [-0.1, -0.05) is 38.8 Å². The first-order valence-corrected chi connectivity index (χ1v) is 12.1. The molecule has 3 saturated carbocycles. The van der Waals surface area contributed by atoms with E-state index in [0.29, 0.717) is 36.8 Å². The Morgan fingerprint density at radius 1 is 1.21 bits per heavy atom. The van der Waals surface area contributed by atoms with Crippen molar-refractivity contribution in [2.75, 3.05) is 0 Å². The number of aliphatic hydroxyl groups is 1. The molecule has 4 aliphatic carbocycles. The van der Waals surface area contributed by atoms with E-state index in [2.05, 4.69) is 0 Å². The second kappa shape index (κ2) is 7.49. The van der Waals surface area contributed by atoms with E-state index >= 15 is 4.39 Å². The number of carbonyl (C=O) groups excluding carboxylic acids is 2. The largest absolute Gasteiger partial charge is 0.478 e. The number of carboxylic acids is 1. The number of aliphatic carboxylic acids is 1. The molecule has 0 aromatic rings. The number of aliphatic hydroxyl groups excluding tert-OH is 1. The fourth-order valence-corrected chi connectivity index (χ4v) is 8.19. The highest BCUT2D eigenvalue weighted by Gasteiger charge is 2.78. The molecule has 0 saturated heterocycles. The van der Waals surface area contributed by atoms with Crippen LogP contribution in [0.2, 0.25) is 0 Å². The van der Waals surface area contributed by atoms with Crippen LogP contribution in [-0.4, -0.2) is 45.3 Å². The lowest BCUT2D eigenvalue weighted by atomic mass is 9.43. The molecule has 0 heterocycles. The number of carbonyl (C=O) groups is 3. The van der Waals surface area contributed by atoms with Crippen LogP contribution < -0.4 is 0 Å². The zero-order valence-electron chi connectivity index (χ0n) is 20.1. The van der Waals surface area contributed by atoms with Crippen LogP contribution in [0.25, 0.3) is 0 Å². The Labute approximate surface area is 194 Å². The summed E-state index contributed by atoms with van der Waals surface area (Å²) in [5.41, 5.74) is -4.74. The number of allylic oxidation sites excluding steroid dienone is 4. The van der Waals surface area contributed by atoms with Crippen LogP contribution in [-0.2, 0) is 19.1 Å². The summed E-state index contributed by atoms with van der Waals surface area (Å²) in [7, 11) is 0. The van der Waals surface area contributed by atoms with Gasteiger partial charge >= 0.3 is 11.9 Å². The summed E-state index contributed by atoms with van der Waals surface area (Å²) in [4.78, 5) is 37.4. The number of alkyl halides is 1. The topological polar surface area (TPSA) is 101 Å². The molecule has 2 N–H and O–H groups in total. The van der Waals surface area contributed by atoms with Crippen molar-refractivity contribution in [3.05, 3.63) is 23.3 Å². The minimum atomic E-state index is -2.05. The molecule has 33 heavy (non-hydrogen) atoms. The van der Waals surface area contributed by atoms with Gasteiger partial charge in [0.05, 0.1) is 6.10 Å². The van der Waals surface area contributed by atoms with E-state index in [9.17, 15) is 24.6 Å². The molecule has 0 bridgehead atoms. The maximum atomic E-state index is 17.5. The first-order chi connectivity index (χ1) is 15.3. The van der Waals surface area contributed by atoms with Crippen LogP contribution in [0.3, 0.4) is 0 Å². The smallest absolute Gasteiger partial charge is 0.349 e. The quantitative estimate of drug-likeness (QED) is 0.609. The van der Waals surface area contributed by atoms with E-state index in [1.54, 1.807) is 27.7 Å². The molecule has 4 unspecified atom stereocenters. The Morgan fingerprint density at radius 3 is 2.45 bits per heavy atom. The third kappa shape index (κ3) is 2.71. The lowest BCUT2D eigenvalue weighted by molar-refractivity contribution is -0.235. The van der Waals surface area contributed by atoms with Gasteiger partial charge in [0.25, 0.3) is 0 Å². The fourth-order valence-electron chi connectivity index (χ4n) is 8.19. The molecule has 0 amide bonds. The molecular weight excluding hydrogens is 427 g/mol. The first-order valence-electron chi connectivity index (χ1n) is 12.1. The highest BCUT2D eigenvalue weighted by atomic mass is 19.1. The van der Waals surface area contributed by atoms with Gasteiger partial charge in [0.15, 0.2) is 11.5 Å². The summed E-state index contributed by atoms with van der Waals surface area (Å²) in [6, 6.07) is 0. The zero-order valence-corrected chi connectivity index (χ0v) is 20.1. The summed E-state index contributed by atoms with van der Waals surface area (Å²) >= 11 is 0.